The molecule has 92 valence electrons. The number of rotatable bonds is 4. The van der Waals surface area contributed by atoms with Crippen molar-refractivity contribution in [2.24, 2.45) is 5.73 Å². The van der Waals surface area contributed by atoms with E-state index in [1.54, 1.807) is 7.05 Å². The molecule has 0 saturated heterocycles. The van der Waals surface area contributed by atoms with Gasteiger partial charge >= 0.3 is 0 Å². The van der Waals surface area contributed by atoms with E-state index in [9.17, 15) is 9.59 Å². The summed E-state index contributed by atoms with van der Waals surface area (Å²) in [4.78, 5) is 24.1. The van der Waals surface area contributed by atoms with Crippen LogP contribution in [0.4, 0.5) is 0 Å². The number of nitrogens with zero attached hydrogens (tertiary/aromatic N) is 1. The van der Waals surface area contributed by atoms with Crippen LogP contribution in [0.25, 0.3) is 0 Å². The zero-order chi connectivity index (χ0) is 12.2. The molecule has 1 aliphatic rings. The largest absolute Gasteiger partial charge is 0.348 e. The van der Waals surface area contributed by atoms with Gasteiger partial charge in [-0.2, -0.15) is 0 Å². The van der Waals surface area contributed by atoms with E-state index in [0.717, 1.165) is 25.7 Å². The van der Waals surface area contributed by atoms with Crippen molar-refractivity contribution in [1.29, 1.82) is 0 Å². The summed E-state index contributed by atoms with van der Waals surface area (Å²) in [6.07, 6.45) is 4.11. The summed E-state index contributed by atoms with van der Waals surface area (Å²) in [6.45, 7) is 2.03. The van der Waals surface area contributed by atoms with E-state index in [2.05, 4.69) is 5.32 Å². The van der Waals surface area contributed by atoms with Crippen molar-refractivity contribution in [1.82, 2.24) is 10.2 Å². The van der Waals surface area contributed by atoms with Gasteiger partial charge in [-0.05, 0) is 12.8 Å². The summed E-state index contributed by atoms with van der Waals surface area (Å²) >= 11 is 0. The van der Waals surface area contributed by atoms with Gasteiger partial charge in [-0.3, -0.25) is 9.59 Å². The van der Waals surface area contributed by atoms with Crippen LogP contribution in [0.5, 0.6) is 0 Å². The molecule has 16 heavy (non-hydrogen) atoms. The Morgan fingerprint density at radius 2 is 1.94 bits per heavy atom. The first kappa shape index (κ1) is 13.0. The highest BCUT2D eigenvalue weighted by molar-refractivity contribution is 5.84. The van der Waals surface area contributed by atoms with Gasteiger partial charge in [0.05, 0.1) is 12.1 Å². The number of carbonyl (C=O) groups excluding carboxylic acids is 2. The molecule has 0 aromatic carbocycles. The first-order chi connectivity index (χ1) is 7.49. The number of carbonyl (C=O) groups is 2. The number of nitrogens with two attached hydrogens (primary N) is 1. The van der Waals surface area contributed by atoms with Gasteiger partial charge in [0.2, 0.25) is 11.8 Å². The topological polar surface area (TPSA) is 75.4 Å². The lowest BCUT2D eigenvalue weighted by atomic mass is 9.98. The minimum atomic E-state index is -0.227. The molecule has 0 aromatic heterocycles. The summed E-state index contributed by atoms with van der Waals surface area (Å²) in [5.41, 5.74) is 5.48. The molecule has 0 heterocycles. The lowest BCUT2D eigenvalue weighted by Crippen LogP contribution is -2.54. The van der Waals surface area contributed by atoms with E-state index in [1.165, 1.54) is 11.8 Å². The van der Waals surface area contributed by atoms with Gasteiger partial charge in [0.15, 0.2) is 0 Å². The van der Waals surface area contributed by atoms with Crippen LogP contribution in [0.3, 0.4) is 0 Å². The molecule has 1 saturated carbocycles. The van der Waals surface area contributed by atoms with Gasteiger partial charge in [-0.25, -0.2) is 0 Å². The van der Waals surface area contributed by atoms with Crippen LogP contribution in [-0.2, 0) is 9.59 Å². The molecule has 1 fully saturated rings. The van der Waals surface area contributed by atoms with E-state index >= 15 is 0 Å². The maximum Gasteiger partial charge on any atom is 0.240 e. The lowest BCUT2D eigenvalue weighted by molar-refractivity contribution is -0.133. The molecule has 1 aliphatic carbocycles. The lowest BCUT2D eigenvalue weighted by Gasteiger charge is -2.29. The fourth-order valence-electron chi connectivity index (χ4n) is 2.09. The smallest absolute Gasteiger partial charge is 0.240 e. The van der Waals surface area contributed by atoms with Crippen LogP contribution in [0.2, 0.25) is 0 Å². The Labute approximate surface area is 96.4 Å². The third-order valence-electron chi connectivity index (χ3n) is 3.27. The summed E-state index contributed by atoms with van der Waals surface area (Å²) in [5, 5.41) is 2.97. The Morgan fingerprint density at radius 3 is 2.38 bits per heavy atom. The van der Waals surface area contributed by atoms with Crippen molar-refractivity contribution < 1.29 is 9.59 Å². The number of likely N-dealkylation sites (N-methyl/N-ethyl adjacent to an activating group) is 1. The molecular weight excluding hydrogens is 206 g/mol. The minimum Gasteiger partial charge on any atom is -0.348 e. The second-order valence-electron chi connectivity index (χ2n) is 4.61. The Balaban J connectivity index is 2.46. The highest BCUT2D eigenvalue weighted by atomic mass is 16.2. The quantitative estimate of drug-likeness (QED) is 0.701. The molecule has 0 spiro atoms. The van der Waals surface area contributed by atoms with Crippen molar-refractivity contribution in [3.05, 3.63) is 0 Å². The molecule has 0 bridgehead atoms. The van der Waals surface area contributed by atoms with Gasteiger partial charge in [0.1, 0.15) is 0 Å². The molecule has 5 nitrogen and oxygen atoms in total. The monoisotopic (exact) mass is 227 g/mol. The normalized spacial score (nSPS) is 18.2. The molecular formula is C11H21N3O2. The fourth-order valence-corrected chi connectivity index (χ4v) is 2.09. The molecule has 2 amide bonds. The first-order valence-electron chi connectivity index (χ1n) is 5.72. The summed E-state index contributed by atoms with van der Waals surface area (Å²) in [7, 11) is 1.62. The molecule has 0 aliphatic heterocycles. The molecule has 0 radical (unpaired) electrons. The Kier molecular flexibility index (Phi) is 4.29. The Hall–Kier alpha value is -1.10. The van der Waals surface area contributed by atoms with Crippen LogP contribution in [-0.4, -0.2) is 42.4 Å². The van der Waals surface area contributed by atoms with Crippen LogP contribution in [0.15, 0.2) is 0 Å². The van der Waals surface area contributed by atoms with E-state index in [0.29, 0.717) is 6.54 Å². The SMILES string of the molecule is CC(=O)N(C)CC(=O)NC1(CN)CCCC1. The van der Waals surface area contributed by atoms with Gasteiger partial charge in [0.25, 0.3) is 0 Å². The van der Waals surface area contributed by atoms with E-state index in [1.807, 2.05) is 0 Å². The third kappa shape index (κ3) is 3.20. The van der Waals surface area contributed by atoms with E-state index < -0.39 is 0 Å². The van der Waals surface area contributed by atoms with E-state index in [4.69, 9.17) is 5.73 Å². The van der Waals surface area contributed by atoms with Crippen molar-refractivity contribution in [3.63, 3.8) is 0 Å². The average molecular weight is 227 g/mol. The predicted molar refractivity (Wildman–Crippen MR) is 61.7 cm³/mol. The van der Waals surface area contributed by atoms with Gasteiger partial charge in [-0.15, -0.1) is 0 Å². The second kappa shape index (κ2) is 5.30. The molecule has 0 atom stereocenters. The molecule has 0 aromatic rings. The van der Waals surface area contributed by atoms with Crippen LogP contribution in [0, 0.1) is 0 Å². The summed E-state index contributed by atoms with van der Waals surface area (Å²) in [6, 6.07) is 0. The highest BCUT2D eigenvalue weighted by Gasteiger charge is 2.33. The van der Waals surface area contributed by atoms with Crippen molar-refractivity contribution in [3.8, 4) is 0 Å². The zero-order valence-corrected chi connectivity index (χ0v) is 10.1. The van der Waals surface area contributed by atoms with Gasteiger partial charge in [-0.1, -0.05) is 12.8 Å². The molecule has 0 unspecified atom stereocenters. The number of amides is 2. The first-order valence-corrected chi connectivity index (χ1v) is 5.72. The number of nitrogens with one attached hydrogen (secondary N) is 1. The fraction of sp³-hybridized carbons (Fsp3) is 0.818. The maximum atomic E-state index is 11.7. The zero-order valence-electron chi connectivity index (χ0n) is 10.1. The Bertz CT molecular complexity index is 272. The molecule has 1 rings (SSSR count). The van der Waals surface area contributed by atoms with Crippen LogP contribution >= 0.6 is 0 Å². The number of hydrogen-bond donors (Lipinski definition) is 2. The van der Waals surface area contributed by atoms with E-state index in [-0.39, 0.29) is 23.9 Å². The molecule has 3 N–H and O–H groups in total. The molecule has 5 heteroatoms. The predicted octanol–water partition coefficient (Wildman–Crippen LogP) is -0.148. The van der Waals surface area contributed by atoms with Gasteiger partial charge in [0, 0.05) is 20.5 Å². The van der Waals surface area contributed by atoms with Crippen LogP contribution < -0.4 is 11.1 Å². The summed E-state index contributed by atoms with van der Waals surface area (Å²) in [5.74, 6) is -0.228. The number of hydrogen-bond acceptors (Lipinski definition) is 3. The van der Waals surface area contributed by atoms with Crippen LogP contribution in [0.1, 0.15) is 32.6 Å². The third-order valence-corrected chi connectivity index (χ3v) is 3.27. The average Bonchev–Trinajstić information content (AvgIpc) is 2.66. The minimum absolute atomic E-state index is 0.108. The highest BCUT2D eigenvalue weighted by Crippen LogP contribution is 2.28. The summed E-state index contributed by atoms with van der Waals surface area (Å²) < 4.78 is 0. The van der Waals surface area contributed by atoms with Crippen molar-refractivity contribution in [2.75, 3.05) is 20.1 Å². The second-order valence-corrected chi connectivity index (χ2v) is 4.61. The van der Waals surface area contributed by atoms with Crippen molar-refractivity contribution >= 4 is 11.8 Å². The maximum absolute atomic E-state index is 11.7. The standard InChI is InChI=1S/C11H21N3O2/c1-9(15)14(2)7-10(16)13-11(8-12)5-3-4-6-11/h3-8,12H2,1-2H3,(H,13,16). The Morgan fingerprint density at radius 1 is 1.38 bits per heavy atom. The van der Waals surface area contributed by atoms with Crippen molar-refractivity contribution in [2.45, 2.75) is 38.1 Å². The van der Waals surface area contributed by atoms with Gasteiger partial charge < -0.3 is 16.0 Å².